The Kier molecular flexibility index (Phi) is 3.05. The maximum atomic E-state index is 11.2. The fourth-order valence-electron chi connectivity index (χ4n) is 2.07. The van der Waals surface area contributed by atoms with Crippen molar-refractivity contribution in [2.24, 2.45) is 0 Å². The highest BCUT2D eigenvalue weighted by Gasteiger charge is 2.14. The number of para-hydroxylation sites is 2. The van der Waals surface area contributed by atoms with Crippen molar-refractivity contribution in [3.63, 3.8) is 0 Å². The Balaban J connectivity index is 2.16. The molecule has 0 aliphatic heterocycles. The summed E-state index contributed by atoms with van der Waals surface area (Å²) in [5.74, 6) is 0.105. The van der Waals surface area contributed by atoms with Gasteiger partial charge < -0.3 is 5.11 Å². The number of aromatic nitrogens is 2. The normalized spacial score (nSPS) is 10.4. The van der Waals surface area contributed by atoms with Crippen LogP contribution in [-0.2, 0) is 0 Å². The van der Waals surface area contributed by atoms with Crippen LogP contribution in [0.1, 0.15) is 10.4 Å². The third kappa shape index (κ3) is 2.07. The van der Waals surface area contributed by atoms with Crippen molar-refractivity contribution in [2.45, 2.75) is 0 Å². The molecule has 1 heterocycles. The van der Waals surface area contributed by atoms with Gasteiger partial charge in [0, 0.05) is 11.8 Å². The maximum absolute atomic E-state index is 11.2. The van der Waals surface area contributed by atoms with Gasteiger partial charge >= 0.3 is 0 Å². The van der Waals surface area contributed by atoms with E-state index in [1.807, 2.05) is 30.3 Å². The molecule has 20 heavy (non-hydrogen) atoms. The zero-order valence-electron chi connectivity index (χ0n) is 10.6. The molecule has 3 aromatic rings. The summed E-state index contributed by atoms with van der Waals surface area (Å²) in [6.07, 6.45) is 2.40. The third-order valence-electron chi connectivity index (χ3n) is 3.05. The van der Waals surface area contributed by atoms with Crippen LogP contribution in [0.25, 0.3) is 16.9 Å². The Labute approximate surface area is 115 Å². The van der Waals surface area contributed by atoms with Gasteiger partial charge in [0.25, 0.3) is 0 Å². The lowest BCUT2D eigenvalue weighted by Crippen LogP contribution is -1.94. The minimum Gasteiger partial charge on any atom is -0.507 e. The Morgan fingerprint density at radius 1 is 1.00 bits per heavy atom. The molecular weight excluding hydrogens is 252 g/mol. The fourth-order valence-corrected chi connectivity index (χ4v) is 2.07. The van der Waals surface area contributed by atoms with E-state index in [0.29, 0.717) is 16.8 Å². The van der Waals surface area contributed by atoms with Crippen molar-refractivity contribution in [1.82, 2.24) is 9.78 Å². The fraction of sp³-hybridized carbons (Fsp3) is 0. The van der Waals surface area contributed by atoms with Crippen LogP contribution < -0.4 is 0 Å². The second-order valence-corrected chi connectivity index (χ2v) is 4.35. The van der Waals surface area contributed by atoms with Crippen molar-refractivity contribution in [1.29, 1.82) is 0 Å². The second-order valence-electron chi connectivity index (χ2n) is 4.35. The van der Waals surface area contributed by atoms with Crippen LogP contribution >= 0.6 is 0 Å². The molecule has 0 aliphatic rings. The molecule has 0 fully saturated rings. The van der Waals surface area contributed by atoms with Gasteiger partial charge in [-0.1, -0.05) is 30.3 Å². The van der Waals surface area contributed by atoms with Gasteiger partial charge in [-0.3, -0.25) is 4.79 Å². The zero-order chi connectivity index (χ0) is 13.9. The molecule has 98 valence electrons. The first-order chi connectivity index (χ1) is 9.79. The molecule has 0 saturated heterocycles. The summed E-state index contributed by atoms with van der Waals surface area (Å²) in [7, 11) is 0. The summed E-state index contributed by atoms with van der Waals surface area (Å²) in [6, 6.07) is 16.3. The molecule has 0 amide bonds. The summed E-state index contributed by atoms with van der Waals surface area (Å²) < 4.78 is 1.63. The van der Waals surface area contributed by atoms with Crippen molar-refractivity contribution < 1.29 is 9.90 Å². The van der Waals surface area contributed by atoms with Gasteiger partial charge in [0.05, 0.1) is 11.3 Å². The van der Waals surface area contributed by atoms with Gasteiger partial charge in [0.1, 0.15) is 11.4 Å². The lowest BCUT2D eigenvalue weighted by molar-refractivity contribution is 0.112. The number of hydrogen-bond donors (Lipinski definition) is 1. The molecule has 0 unspecified atom stereocenters. The number of phenols is 1. The summed E-state index contributed by atoms with van der Waals surface area (Å²) in [5.41, 5.74) is 2.32. The second kappa shape index (κ2) is 5.01. The SMILES string of the molecule is O=Cc1cn(-c2ccccc2)nc1-c1ccccc1O. The van der Waals surface area contributed by atoms with E-state index in [1.54, 1.807) is 35.1 Å². The summed E-state index contributed by atoms with van der Waals surface area (Å²) in [5, 5.41) is 14.3. The predicted molar refractivity (Wildman–Crippen MR) is 76.1 cm³/mol. The van der Waals surface area contributed by atoms with Crippen LogP contribution in [0.5, 0.6) is 5.75 Å². The monoisotopic (exact) mass is 264 g/mol. The van der Waals surface area contributed by atoms with Gasteiger partial charge in [-0.05, 0) is 24.3 Å². The number of rotatable bonds is 3. The quantitative estimate of drug-likeness (QED) is 0.740. The van der Waals surface area contributed by atoms with Crippen LogP contribution in [0, 0.1) is 0 Å². The molecule has 1 aromatic heterocycles. The third-order valence-corrected chi connectivity index (χ3v) is 3.05. The van der Waals surface area contributed by atoms with E-state index in [2.05, 4.69) is 5.10 Å². The lowest BCUT2D eigenvalue weighted by Gasteiger charge is -2.02. The number of nitrogens with zero attached hydrogens (tertiary/aromatic N) is 2. The van der Waals surface area contributed by atoms with Crippen molar-refractivity contribution in [3.8, 4) is 22.7 Å². The van der Waals surface area contributed by atoms with Gasteiger partial charge in [0.2, 0.25) is 0 Å². The molecule has 1 N–H and O–H groups in total. The number of benzene rings is 2. The molecule has 0 aliphatic carbocycles. The van der Waals surface area contributed by atoms with Crippen LogP contribution in [0.15, 0.2) is 60.8 Å². The highest BCUT2D eigenvalue weighted by atomic mass is 16.3. The highest BCUT2D eigenvalue weighted by molar-refractivity contribution is 5.87. The summed E-state index contributed by atoms with van der Waals surface area (Å²) in [6.45, 7) is 0. The van der Waals surface area contributed by atoms with Crippen LogP contribution in [0.4, 0.5) is 0 Å². The molecule has 2 aromatic carbocycles. The summed E-state index contributed by atoms with van der Waals surface area (Å²) >= 11 is 0. The van der Waals surface area contributed by atoms with Crippen LogP contribution in [0.2, 0.25) is 0 Å². The Morgan fingerprint density at radius 3 is 2.40 bits per heavy atom. The Morgan fingerprint density at radius 2 is 1.70 bits per heavy atom. The van der Waals surface area contributed by atoms with Gasteiger partial charge in [-0.2, -0.15) is 5.10 Å². The highest BCUT2D eigenvalue weighted by Crippen LogP contribution is 2.29. The average molecular weight is 264 g/mol. The van der Waals surface area contributed by atoms with Crippen molar-refractivity contribution in [2.75, 3.05) is 0 Å². The number of hydrogen-bond acceptors (Lipinski definition) is 3. The molecule has 3 rings (SSSR count). The molecule has 0 spiro atoms. The molecule has 0 saturated carbocycles. The van der Waals surface area contributed by atoms with Gasteiger partial charge in [-0.25, -0.2) is 4.68 Å². The first-order valence-corrected chi connectivity index (χ1v) is 6.18. The van der Waals surface area contributed by atoms with E-state index >= 15 is 0 Å². The molecule has 0 radical (unpaired) electrons. The first kappa shape index (κ1) is 12.2. The number of phenolic OH excluding ortho intramolecular Hbond substituents is 1. The summed E-state index contributed by atoms with van der Waals surface area (Å²) in [4.78, 5) is 11.2. The van der Waals surface area contributed by atoms with Gasteiger partial charge in [-0.15, -0.1) is 0 Å². The molecule has 0 bridgehead atoms. The largest absolute Gasteiger partial charge is 0.507 e. The van der Waals surface area contributed by atoms with Crippen LogP contribution in [0.3, 0.4) is 0 Å². The molecular formula is C16H12N2O2. The predicted octanol–water partition coefficient (Wildman–Crippen LogP) is 3.06. The van der Waals surface area contributed by atoms with E-state index in [0.717, 1.165) is 12.0 Å². The van der Waals surface area contributed by atoms with E-state index in [1.165, 1.54) is 0 Å². The van der Waals surface area contributed by atoms with Crippen LogP contribution in [-0.4, -0.2) is 21.2 Å². The number of carbonyl (C=O) groups is 1. The first-order valence-electron chi connectivity index (χ1n) is 6.18. The Hall–Kier alpha value is -2.88. The smallest absolute Gasteiger partial charge is 0.153 e. The maximum Gasteiger partial charge on any atom is 0.153 e. The van der Waals surface area contributed by atoms with Crippen molar-refractivity contribution >= 4 is 6.29 Å². The standard InChI is InChI=1S/C16H12N2O2/c19-11-12-10-18(13-6-2-1-3-7-13)17-16(12)14-8-4-5-9-15(14)20/h1-11,20H. The Bertz CT molecular complexity index is 748. The topological polar surface area (TPSA) is 55.1 Å². The average Bonchev–Trinajstić information content (AvgIpc) is 2.93. The molecule has 4 nitrogen and oxygen atoms in total. The van der Waals surface area contributed by atoms with E-state index in [-0.39, 0.29) is 5.75 Å². The number of aromatic hydroxyl groups is 1. The number of aldehydes is 1. The minimum absolute atomic E-state index is 0.105. The molecule has 0 atom stereocenters. The molecule has 4 heteroatoms. The number of carbonyl (C=O) groups excluding carboxylic acids is 1. The lowest BCUT2D eigenvalue weighted by atomic mass is 10.1. The zero-order valence-corrected chi connectivity index (χ0v) is 10.6. The minimum atomic E-state index is 0.105. The van der Waals surface area contributed by atoms with E-state index in [9.17, 15) is 9.90 Å². The van der Waals surface area contributed by atoms with E-state index < -0.39 is 0 Å². The van der Waals surface area contributed by atoms with Gasteiger partial charge in [0.15, 0.2) is 6.29 Å². The van der Waals surface area contributed by atoms with E-state index in [4.69, 9.17) is 0 Å². The van der Waals surface area contributed by atoms with Crippen molar-refractivity contribution in [3.05, 3.63) is 66.4 Å².